The standard InChI is InChI=1S/C15H18N2O5/c1-22-15(21)17-8-2-3-10-9-11(4-5-12(10)17)16-13(18)6-7-14(19)20/h4-5,9H,2-3,6-8H2,1H3,(H,16,18)(H,19,20). The molecule has 0 atom stereocenters. The molecule has 1 heterocycles. The number of carbonyl (C=O) groups excluding carboxylic acids is 2. The number of hydrogen-bond acceptors (Lipinski definition) is 4. The van der Waals surface area contributed by atoms with Gasteiger partial charge in [-0.2, -0.15) is 0 Å². The summed E-state index contributed by atoms with van der Waals surface area (Å²) in [4.78, 5) is 35.4. The number of aryl methyl sites for hydroxylation is 1. The van der Waals surface area contributed by atoms with Gasteiger partial charge in [-0.3, -0.25) is 14.5 Å². The van der Waals surface area contributed by atoms with Gasteiger partial charge in [-0.25, -0.2) is 4.79 Å². The predicted octanol–water partition coefficient (Wildman–Crippen LogP) is 2.01. The van der Waals surface area contributed by atoms with Gasteiger partial charge in [-0.15, -0.1) is 0 Å². The Hall–Kier alpha value is -2.57. The Kier molecular flexibility index (Phi) is 4.98. The van der Waals surface area contributed by atoms with E-state index in [1.165, 1.54) is 7.11 Å². The first kappa shape index (κ1) is 15.8. The second-order valence-corrected chi connectivity index (χ2v) is 5.01. The van der Waals surface area contributed by atoms with Crippen LogP contribution in [0, 0.1) is 0 Å². The molecule has 2 rings (SSSR count). The highest BCUT2D eigenvalue weighted by Gasteiger charge is 2.23. The van der Waals surface area contributed by atoms with Gasteiger partial charge in [0.05, 0.1) is 19.2 Å². The molecule has 1 aromatic rings. The Balaban J connectivity index is 2.09. The van der Waals surface area contributed by atoms with E-state index in [-0.39, 0.29) is 18.7 Å². The molecule has 0 bridgehead atoms. The molecular formula is C15H18N2O5. The lowest BCUT2D eigenvalue weighted by molar-refractivity contribution is -0.138. The van der Waals surface area contributed by atoms with Gasteiger partial charge in [-0.05, 0) is 36.6 Å². The molecule has 0 saturated heterocycles. The lowest BCUT2D eigenvalue weighted by atomic mass is 10.0. The zero-order valence-electron chi connectivity index (χ0n) is 12.3. The van der Waals surface area contributed by atoms with Crippen molar-refractivity contribution >= 4 is 29.3 Å². The number of nitrogens with one attached hydrogen (secondary N) is 1. The highest BCUT2D eigenvalue weighted by atomic mass is 16.5. The number of anilines is 2. The first-order valence-corrected chi connectivity index (χ1v) is 7.01. The van der Waals surface area contributed by atoms with Crippen molar-refractivity contribution in [1.29, 1.82) is 0 Å². The van der Waals surface area contributed by atoms with Crippen molar-refractivity contribution in [2.45, 2.75) is 25.7 Å². The monoisotopic (exact) mass is 306 g/mol. The molecule has 1 aliphatic rings. The molecule has 2 N–H and O–H groups in total. The number of methoxy groups -OCH3 is 1. The summed E-state index contributed by atoms with van der Waals surface area (Å²) in [6.07, 6.45) is 0.951. The quantitative estimate of drug-likeness (QED) is 0.887. The fraction of sp³-hybridized carbons (Fsp3) is 0.400. The maximum atomic E-state index is 11.7. The van der Waals surface area contributed by atoms with Crippen molar-refractivity contribution in [2.75, 3.05) is 23.9 Å². The van der Waals surface area contributed by atoms with E-state index in [0.717, 1.165) is 24.1 Å². The molecule has 1 aliphatic heterocycles. The number of rotatable bonds is 4. The molecule has 0 unspecified atom stereocenters. The van der Waals surface area contributed by atoms with Crippen LogP contribution in [-0.2, 0) is 20.7 Å². The maximum absolute atomic E-state index is 11.7. The van der Waals surface area contributed by atoms with Crippen LogP contribution in [0.3, 0.4) is 0 Å². The van der Waals surface area contributed by atoms with Crippen molar-refractivity contribution in [3.8, 4) is 0 Å². The van der Waals surface area contributed by atoms with Crippen LogP contribution in [0.2, 0.25) is 0 Å². The minimum Gasteiger partial charge on any atom is -0.481 e. The lowest BCUT2D eigenvalue weighted by Gasteiger charge is -2.28. The predicted molar refractivity (Wildman–Crippen MR) is 80.0 cm³/mol. The zero-order chi connectivity index (χ0) is 16.1. The summed E-state index contributed by atoms with van der Waals surface area (Å²) in [7, 11) is 1.34. The number of nitrogens with zero attached hydrogens (tertiary/aromatic N) is 1. The number of ether oxygens (including phenoxy) is 1. The maximum Gasteiger partial charge on any atom is 0.414 e. The number of amides is 2. The summed E-state index contributed by atoms with van der Waals surface area (Å²) >= 11 is 0. The normalized spacial score (nSPS) is 13.2. The van der Waals surface area contributed by atoms with Crippen LogP contribution < -0.4 is 10.2 Å². The SMILES string of the molecule is COC(=O)N1CCCc2cc(NC(=O)CCC(=O)O)ccc21. The van der Waals surface area contributed by atoms with Crippen LogP contribution >= 0.6 is 0 Å². The van der Waals surface area contributed by atoms with Crippen LogP contribution in [0.15, 0.2) is 18.2 Å². The summed E-state index contributed by atoms with van der Waals surface area (Å²) in [5.74, 6) is -1.35. The van der Waals surface area contributed by atoms with Gasteiger partial charge in [-0.1, -0.05) is 0 Å². The summed E-state index contributed by atoms with van der Waals surface area (Å²) in [5, 5.41) is 11.2. The minimum atomic E-state index is -1.01. The largest absolute Gasteiger partial charge is 0.481 e. The summed E-state index contributed by atoms with van der Waals surface area (Å²) in [6, 6.07) is 5.26. The molecule has 0 spiro atoms. The third kappa shape index (κ3) is 3.75. The molecule has 7 nitrogen and oxygen atoms in total. The summed E-state index contributed by atoms with van der Waals surface area (Å²) < 4.78 is 4.76. The molecule has 7 heteroatoms. The van der Waals surface area contributed by atoms with Crippen LogP contribution in [0.5, 0.6) is 0 Å². The van der Waals surface area contributed by atoms with Gasteiger partial charge < -0.3 is 15.2 Å². The number of hydrogen-bond donors (Lipinski definition) is 2. The van der Waals surface area contributed by atoms with Crippen molar-refractivity contribution in [3.63, 3.8) is 0 Å². The van der Waals surface area contributed by atoms with Crippen LogP contribution in [0.4, 0.5) is 16.2 Å². The van der Waals surface area contributed by atoms with Crippen LogP contribution in [0.25, 0.3) is 0 Å². The molecule has 1 aromatic carbocycles. The lowest BCUT2D eigenvalue weighted by Crippen LogP contribution is -2.35. The van der Waals surface area contributed by atoms with Gasteiger partial charge in [0.1, 0.15) is 0 Å². The van der Waals surface area contributed by atoms with Gasteiger partial charge >= 0.3 is 12.1 Å². The van der Waals surface area contributed by atoms with Crippen molar-refractivity contribution in [2.24, 2.45) is 0 Å². The average molecular weight is 306 g/mol. The number of benzene rings is 1. The molecule has 0 radical (unpaired) electrons. The molecule has 22 heavy (non-hydrogen) atoms. The fourth-order valence-corrected chi connectivity index (χ4v) is 2.42. The van der Waals surface area contributed by atoms with Crippen molar-refractivity contribution < 1.29 is 24.2 Å². The van der Waals surface area contributed by atoms with Gasteiger partial charge in [0.15, 0.2) is 0 Å². The number of carbonyl (C=O) groups is 3. The number of carboxylic acid groups (broad SMARTS) is 1. The molecule has 0 aliphatic carbocycles. The Morgan fingerprint density at radius 2 is 2.09 bits per heavy atom. The van der Waals surface area contributed by atoms with E-state index in [1.807, 2.05) is 6.07 Å². The summed E-state index contributed by atoms with van der Waals surface area (Å²) in [5.41, 5.74) is 2.33. The highest BCUT2D eigenvalue weighted by Crippen LogP contribution is 2.30. The zero-order valence-corrected chi connectivity index (χ0v) is 12.3. The van der Waals surface area contributed by atoms with Crippen molar-refractivity contribution in [3.05, 3.63) is 23.8 Å². The molecule has 0 fully saturated rings. The van der Waals surface area contributed by atoms with Crippen LogP contribution in [-0.4, -0.2) is 36.7 Å². The number of carboxylic acids is 1. The average Bonchev–Trinajstić information content (AvgIpc) is 2.51. The van der Waals surface area contributed by atoms with Crippen LogP contribution in [0.1, 0.15) is 24.8 Å². The van der Waals surface area contributed by atoms with E-state index in [4.69, 9.17) is 9.84 Å². The second-order valence-electron chi connectivity index (χ2n) is 5.01. The third-order valence-electron chi connectivity index (χ3n) is 3.44. The van der Waals surface area contributed by atoms with Crippen molar-refractivity contribution in [1.82, 2.24) is 0 Å². The van der Waals surface area contributed by atoms with E-state index >= 15 is 0 Å². The van der Waals surface area contributed by atoms with Gasteiger partial charge in [0, 0.05) is 18.7 Å². The number of fused-ring (bicyclic) bond motifs is 1. The Bertz CT molecular complexity index is 600. The van der Waals surface area contributed by atoms with E-state index in [9.17, 15) is 14.4 Å². The first-order chi connectivity index (χ1) is 10.5. The third-order valence-corrected chi connectivity index (χ3v) is 3.44. The first-order valence-electron chi connectivity index (χ1n) is 7.01. The molecular weight excluding hydrogens is 288 g/mol. The Labute approximate surface area is 127 Å². The molecule has 2 amide bonds. The topological polar surface area (TPSA) is 95.9 Å². The van der Waals surface area contributed by atoms with E-state index in [0.29, 0.717) is 12.2 Å². The second kappa shape index (κ2) is 6.93. The Morgan fingerprint density at radius 3 is 2.77 bits per heavy atom. The number of aliphatic carboxylic acids is 1. The fourth-order valence-electron chi connectivity index (χ4n) is 2.42. The molecule has 0 saturated carbocycles. The molecule has 0 aromatic heterocycles. The van der Waals surface area contributed by atoms with Gasteiger partial charge in [0.25, 0.3) is 0 Å². The minimum absolute atomic E-state index is 0.0687. The van der Waals surface area contributed by atoms with E-state index < -0.39 is 12.1 Å². The van der Waals surface area contributed by atoms with E-state index in [1.54, 1.807) is 17.0 Å². The highest BCUT2D eigenvalue weighted by molar-refractivity contribution is 5.94. The Morgan fingerprint density at radius 1 is 1.32 bits per heavy atom. The van der Waals surface area contributed by atoms with E-state index in [2.05, 4.69) is 5.32 Å². The summed E-state index contributed by atoms with van der Waals surface area (Å²) in [6.45, 7) is 0.601. The van der Waals surface area contributed by atoms with Gasteiger partial charge in [0.2, 0.25) is 5.91 Å². The smallest absolute Gasteiger partial charge is 0.414 e. The molecule has 118 valence electrons.